The third-order valence-electron chi connectivity index (χ3n) is 3.25. The van der Waals surface area contributed by atoms with Crippen LogP contribution in [-0.2, 0) is 6.54 Å². The van der Waals surface area contributed by atoms with Gasteiger partial charge in [-0.25, -0.2) is 0 Å². The minimum Gasteiger partial charge on any atom is -0.467 e. The summed E-state index contributed by atoms with van der Waals surface area (Å²) in [5.74, 6) is 0.553. The number of nitrogens with zero attached hydrogens (tertiary/aromatic N) is 1. The first-order chi connectivity index (χ1) is 8.79. The predicted octanol–water partition coefficient (Wildman–Crippen LogP) is 1.80. The number of amides is 1. The third kappa shape index (κ3) is 5.71. The Morgan fingerprint density at radius 3 is 2.65 bits per heavy atom. The molecule has 2 heterocycles. The Labute approximate surface area is 132 Å². The van der Waals surface area contributed by atoms with Gasteiger partial charge < -0.3 is 20.4 Å². The van der Waals surface area contributed by atoms with Crippen LogP contribution in [0.3, 0.4) is 0 Å². The smallest absolute Gasteiger partial charge is 0.254 e. The maximum Gasteiger partial charge on any atom is 0.254 e. The normalized spacial score (nSPS) is 14.4. The second-order valence-corrected chi connectivity index (χ2v) is 4.66. The second kappa shape index (κ2) is 10.0. The number of hydrogen-bond acceptors (Lipinski definition) is 4. The van der Waals surface area contributed by atoms with Gasteiger partial charge in [0, 0.05) is 6.54 Å². The molecule has 0 saturated carbocycles. The van der Waals surface area contributed by atoms with Gasteiger partial charge >= 0.3 is 0 Å². The molecular formula is C13H23Cl2N3O2. The van der Waals surface area contributed by atoms with Crippen LogP contribution in [0.1, 0.15) is 35.4 Å². The Balaban J connectivity index is 0.00000180. The van der Waals surface area contributed by atoms with Gasteiger partial charge in [-0.2, -0.15) is 0 Å². The molecule has 0 radical (unpaired) electrons. The molecule has 0 spiro atoms. The summed E-state index contributed by atoms with van der Waals surface area (Å²) >= 11 is 0. The molecule has 1 aliphatic rings. The molecule has 20 heavy (non-hydrogen) atoms. The van der Waals surface area contributed by atoms with Crippen molar-refractivity contribution < 1.29 is 9.21 Å². The van der Waals surface area contributed by atoms with Crippen molar-refractivity contribution in [3.05, 3.63) is 23.7 Å². The van der Waals surface area contributed by atoms with E-state index in [9.17, 15) is 4.79 Å². The first kappa shape index (κ1) is 19.2. The van der Waals surface area contributed by atoms with Gasteiger partial charge in [0.05, 0.1) is 12.1 Å². The van der Waals surface area contributed by atoms with Gasteiger partial charge in [0.2, 0.25) is 0 Å². The van der Waals surface area contributed by atoms with Gasteiger partial charge in [-0.15, -0.1) is 24.8 Å². The van der Waals surface area contributed by atoms with Crippen molar-refractivity contribution in [2.75, 3.05) is 26.2 Å². The highest BCUT2D eigenvalue weighted by atomic mass is 35.5. The van der Waals surface area contributed by atoms with E-state index in [0.717, 1.165) is 13.0 Å². The van der Waals surface area contributed by atoms with E-state index >= 15 is 0 Å². The number of furan rings is 1. The first-order valence-electron chi connectivity index (χ1n) is 6.57. The summed E-state index contributed by atoms with van der Waals surface area (Å²) in [5.41, 5.74) is 5.98. The minimum absolute atomic E-state index is 0. The summed E-state index contributed by atoms with van der Waals surface area (Å²) in [7, 11) is 0. The summed E-state index contributed by atoms with van der Waals surface area (Å²) in [6.07, 6.45) is 5.07. The Morgan fingerprint density at radius 1 is 1.35 bits per heavy atom. The largest absolute Gasteiger partial charge is 0.467 e. The molecule has 0 unspecified atom stereocenters. The summed E-state index contributed by atoms with van der Waals surface area (Å²) in [5, 5.41) is 2.89. The van der Waals surface area contributed by atoms with Crippen LogP contribution in [0.2, 0.25) is 0 Å². The number of hydrogen-bond donors (Lipinski definition) is 2. The minimum atomic E-state index is -0.0835. The average molecular weight is 324 g/mol. The number of likely N-dealkylation sites (tertiary alicyclic amines) is 1. The van der Waals surface area contributed by atoms with Crippen molar-refractivity contribution in [1.29, 1.82) is 0 Å². The lowest BCUT2D eigenvalue weighted by molar-refractivity contribution is 0.0951. The lowest BCUT2D eigenvalue weighted by atomic mass is 10.3. The quantitative estimate of drug-likeness (QED) is 0.783. The molecule has 0 aromatic carbocycles. The summed E-state index contributed by atoms with van der Waals surface area (Å²) in [6.45, 7) is 4.51. The molecule has 1 saturated heterocycles. The second-order valence-electron chi connectivity index (χ2n) is 4.66. The zero-order chi connectivity index (χ0) is 12.8. The van der Waals surface area contributed by atoms with E-state index in [1.54, 1.807) is 6.07 Å². The number of nitrogens with one attached hydrogen (secondary N) is 1. The molecule has 1 aromatic rings. The van der Waals surface area contributed by atoms with Crippen molar-refractivity contribution in [3.63, 3.8) is 0 Å². The zero-order valence-electron chi connectivity index (χ0n) is 11.5. The highest BCUT2D eigenvalue weighted by molar-refractivity contribution is 5.93. The van der Waals surface area contributed by atoms with Gasteiger partial charge in [-0.1, -0.05) is 0 Å². The van der Waals surface area contributed by atoms with Crippen molar-refractivity contribution >= 4 is 30.7 Å². The van der Waals surface area contributed by atoms with E-state index in [4.69, 9.17) is 10.2 Å². The summed E-state index contributed by atoms with van der Waals surface area (Å²) in [4.78, 5) is 14.2. The van der Waals surface area contributed by atoms with Crippen LogP contribution in [0.15, 0.2) is 16.7 Å². The SMILES string of the molecule is Cl.Cl.NCc1cc(C(=O)NCCCN2CCCC2)co1. The average Bonchev–Trinajstić information content (AvgIpc) is 3.05. The topological polar surface area (TPSA) is 71.5 Å². The molecule has 1 aromatic heterocycles. The molecule has 1 amide bonds. The third-order valence-corrected chi connectivity index (χ3v) is 3.25. The van der Waals surface area contributed by atoms with Crippen molar-refractivity contribution in [2.45, 2.75) is 25.8 Å². The summed E-state index contributed by atoms with van der Waals surface area (Å²) in [6, 6.07) is 1.69. The Morgan fingerprint density at radius 2 is 2.05 bits per heavy atom. The molecule has 5 nitrogen and oxygen atoms in total. The molecule has 1 aliphatic heterocycles. The molecule has 3 N–H and O–H groups in total. The van der Waals surface area contributed by atoms with Gasteiger partial charge in [-0.3, -0.25) is 4.79 Å². The molecule has 116 valence electrons. The summed E-state index contributed by atoms with van der Waals surface area (Å²) < 4.78 is 5.13. The van der Waals surface area contributed by atoms with Crippen LogP contribution in [-0.4, -0.2) is 37.0 Å². The first-order valence-corrected chi connectivity index (χ1v) is 6.57. The van der Waals surface area contributed by atoms with E-state index in [2.05, 4.69) is 10.2 Å². The predicted molar refractivity (Wildman–Crippen MR) is 83.7 cm³/mol. The fourth-order valence-corrected chi connectivity index (χ4v) is 2.22. The van der Waals surface area contributed by atoms with Crippen molar-refractivity contribution in [2.24, 2.45) is 5.73 Å². The highest BCUT2D eigenvalue weighted by Crippen LogP contribution is 2.08. The van der Waals surface area contributed by atoms with Crippen LogP contribution >= 0.6 is 24.8 Å². The molecule has 0 bridgehead atoms. The maximum atomic E-state index is 11.7. The van der Waals surface area contributed by atoms with Crippen LogP contribution in [0, 0.1) is 0 Å². The van der Waals surface area contributed by atoms with Gasteiger partial charge in [0.1, 0.15) is 12.0 Å². The van der Waals surface area contributed by atoms with Crippen molar-refractivity contribution in [1.82, 2.24) is 10.2 Å². The van der Waals surface area contributed by atoms with E-state index in [0.29, 0.717) is 24.4 Å². The molecule has 7 heteroatoms. The van der Waals surface area contributed by atoms with E-state index in [1.807, 2.05) is 0 Å². The van der Waals surface area contributed by atoms with Gasteiger partial charge in [-0.05, 0) is 45.0 Å². The fourth-order valence-electron chi connectivity index (χ4n) is 2.22. The fraction of sp³-hybridized carbons (Fsp3) is 0.615. The lowest BCUT2D eigenvalue weighted by Crippen LogP contribution is -2.28. The van der Waals surface area contributed by atoms with Crippen LogP contribution in [0.25, 0.3) is 0 Å². The maximum absolute atomic E-state index is 11.7. The highest BCUT2D eigenvalue weighted by Gasteiger charge is 2.11. The van der Waals surface area contributed by atoms with Crippen LogP contribution in [0.4, 0.5) is 0 Å². The van der Waals surface area contributed by atoms with Gasteiger partial charge in [0.15, 0.2) is 0 Å². The van der Waals surface area contributed by atoms with Crippen LogP contribution < -0.4 is 11.1 Å². The van der Waals surface area contributed by atoms with E-state index in [-0.39, 0.29) is 30.7 Å². The van der Waals surface area contributed by atoms with Gasteiger partial charge in [0.25, 0.3) is 5.91 Å². The Kier molecular flexibility index (Phi) is 9.67. The van der Waals surface area contributed by atoms with E-state index in [1.165, 1.54) is 32.2 Å². The number of rotatable bonds is 6. The molecule has 0 atom stereocenters. The molecular weight excluding hydrogens is 301 g/mol. The Bertz CT molecular complexity index is 393. The Hall–Kier alpha value is -0.750. The molecule has 0 aliphatic carbocycles. The number of nitrogens with two attached hydrogens (primary N) is 1. The number of halogens is 2. The molecule has 2 rings (SSSR count). The number of carbonyl (C=O) groups is 1. The monoisotopic (exact) mass is 323 g/mol. The molecule has 1 fully saturated rings. The number of carbonyl (C=O) groups excluding carboxylic acids is 1. The van der Waals surface area contributed by atoms with Crippen molar-refractivity contribution in [3.8, 4) is 0 Å². The zero-order valence-corrected chi connectivity index (χ0v) is 13.1. The van der Waals surface area contributed by atoms with Crippen LogP contribution in [0.5, 0.6) is 0 Å². The lowest BCUT2D eigenvalue weighted by Gasteiger charge is -2.13. The van der Waals surface area contributed by atoms with E-state index < -0.39 is 0 Å². The standard InChI is InChI=1S/C13H21N3O2.2ClH/c14-9-12-8-11(10-18-12)13(17)15-4-3-7-16-5-1-2-6-16;;/h8,10H,1-7,9,14H2,(H,15,17);2*1H.